The lowest BCUT2D eigenvalue weighted by Crippen LogP contribution is -2.05. The molecule has 0 saturated carbocycles. The third kappa shape index (κ3) is 2.57. The van der Waals surface area contributed by atoms with Gasteiger partial charge in [-0.15, -0.1) is 11.6 Å². The molecule has 2 rings (SSSR count). The summed E-state index contributed by atoms with van der Waals surface area (Å²) in [6, 6.07) is 9.00. The van der Waals surface area contributed by atoms with Gasteiger partial charge >= 0.3 is 0 Å². The van der Waals surface area contributed by atoms with E-state index in [9.17, 15) is 13.6 Å². The topological polar surface area (TPSA) is 17.1 Å². The quantitative estimate of drug-likeness (QED) is 0.608. The van der Waals surface area contributed by atoms with Crippen LogP contribution in [-0.2, 0) is 5.88 Å². The largest absolute Gasteiger partial charge is 0.289 e. The molecule has 0 aliphatic carbocycles. The second kappa shape index (κ2) is 5.27. The van der Waals surface area contributed by atoms with Crippen molar-refractivity contribution >= 4 is 17.4 Å². The fourth-order valence-electron chi connectivity index (χ4n) is 1.65. The average molecular weight is 267 g/mol. The molecule has 0 fully saturated rings. The van der Waals surface area contributed by atoms with Gasteiger partial charge in [-0.25, -0.2) is 8.78 Å². The van der Waals surface area contributed by atoms with Crippen LogP contribution in [0.1, 0.15) is 21.5 Å². The lowest BCUT2D eigenvalue weighted by Gasteiger charge is -2.06. The third-order valence-electron chi connectivity index (χ3n) is 2.56. The first-order valence-electron chi connectivity index (χ1n) is 5.26. The highest BCUT2D eigenvalue weighted by atomic mass is 35.5. The first-order valence-corrected chi connectivity index (χ1v) is 5.80. The molecule has 0 unspecified atom stereocenters. The van der Waals surface area contributed by atoms with Crippen LogP contribution >= 0.6 is 11.6 Å². The second-order valence-corrected chi connectivity index (χ2v) is 4.04. The van der Waals surface area contributed by atoms with E-state index in [-0.39, 0.29) is 11.7 Å². The SMILES string of the molecule is O=C(c1ccc(F)cc1)c1ccc(F)cc1CCl. The van der Waals surface area contributed by atoms with Gasteiger partial charge in [-0.3, -0.25) is 4.79 Å². The Labute approximate surface area is 108 Å². The van der Waals surface area contributed by atoms with Crippen molar-refractivity contribution in [2.75, 3.05) is 0 Å². The average Bonchev–Trinajstić information content (AvgIpc) is 2.38. The zero-order valence-corrected chi connectivity index (χ0v) is 10.0. The van der Waals surface area contributed by atoms with E-state index < -0.39 is 11.6 Å². The van der Waals surface area contributed by atoms with Gasteiger partial charge in [-0.1, -0.05) is 0 Å². The number of carbonyl (C=O) groups excluding carboxylic acids is 1. The summed E-state index contributed by atoms with van der Waals surface area (Å²) < 4.78 is 25.8. The minimum absolute atomic E-state index is 0.0417. The lowest BCUT2D eigenvalue weighted by molar-refractivity contribution is 0.103. The molecule has 2 aromatic rings. The molecule has 18 heavy (non-hydrogen) atoms. The molecule has 0 N–H and O–H groups in total. The zero-order valence-electron chi connectivity index (χ0n) is 9.29. The van der Waals surface area contributed by atoms with E-state index in [4.69, 9.17) is 11.6 Å². The van der Waals surface area contributed by atoms with Crippen LogP contribution in [0.4, 0.5) is 8.78 Å². The summed E-state index contributed by atoms with van der Waals surface area (Å²) in [5, 5.41) is 0. The first kappa shape index (κ1) is 12.7. The number of benzene rings is 2. The van der Waals surface area contributed by atoms with E-state index in [0.717, 1.165) is 0 Å². The van der Waals surface area contributed by atoms with E-state index in [1.54, 1.807) is 0 Å². The Morgan fingerprint density at radius 3 is 2.22 bits per heavy atom. The zero-order chi connectivity index (χ0) is 13.1. The standard InChI is InChI=1S/C14H9ClF2O/c15-8-10-7-12(17)5-6-13(10)14(18)9-1-3-11(16)4-2-9/h1-7H,8H2. The Hall–Kier alpha value is -1.74. The molecule has 0 bridgehead atoms. The number of rotatable bonds is 3. The molecule has 0 spiro atoms. The molecule has 0 amide bonds. The van der Waals surface area contributed by atoms with Crippen molar-refractivity contribution in [1.29, 1.82) is 0 Å². The van der Waals surface area contributed by atoms with E-state index in [0.29, 0.717) is 16.7 Å². The Morgan fingerprint density at radius 1 is 1.00 bits per heavy atom. The summed E-state index contributed by atoms with van der Waals surface area (Å²) >= 11 is 5.68. The summed E-state index contributed by atoms with van der Waals surface area (Å²) in [5.41, 5.74) is 1.10. The van der Waals surface area contributed by atoms with Crippen molar-refractivity contribution < 1.29 is 13.6 Å². The number of alkyl halides is 1. The van der Waals surface area contributed by atoms with Gasteiger partial charge < -0.3 is 0 Å². The minimum Gasteiger partial charge on any atom is -0.289 e. The van der Waals surface area contributed by atoms with Crippen LogP contribution < -0.4 is 0 Å². The van der Waals surface area contributed by atoms with E-state index in [2.05, 4.69) is 0 Å². The van der Waals surface area contributed by atoms with Crippen LogP contribution in [0.15, 0.2) is 42.5 Å². The molecule has 0 radical (unpaired) electrons. The van der Waals surface area contributed by atoms with Crippen LogP contribution in [0.5, 0.6) is 0 Å². The molecule has 0 atom stereocenters. The molecule has 92 valence electrons. The number of carbonyl (C=O) groups is 1. The van der Waals surface area contributed by atoms with Crippen LogP contribution in [0.3, 0.4) is 0 Å². The van der Waals surface area contributed by atoms with Gasteiger partial charge in [0.05, 0.1) is 0 Å². The van der Waals surface area contributed by atoms with Gasteiger partial charge in [0.25, 0.3) is 0 Å². The molecule has 0 aliphatic rings. The van der Waals surface area contributed by atoms with Crippen molar-refractivity contribution in [3.63, 3.8) is 0 Å². The highest BCUT2D eigenvalue weighted by Crippen LogP contribution is 2.18. The summed E-state index contributed by atoms with van der Waals surface area (Å²) in [7, 11) is 0. The first-order chi connectivity index (χ1) is 8.61. The Balaban J connectivity index is 2.42. The van der Waals surface area contributed by atoms with Crippen molar-refractivity contribution in [3.05, 3.63) is 70.8 Å². The fraction of sp³-hybridized carbons (Fsp3) is 0.0714. The maximum atomic E-state index is 13.0. The van der Waals surface area contributed by atoms with Gasteiger partial charge in [0.15, 0.2) is 5.78 Å². The van der Waals surface area contributed by atoms with Crippen molar-refractivity contribution in [2.24, 2.45) is 0 Å². The fourth-order valence-corrected chi connectivity index (χ4v) is 1.87. The number of ketones is 1. The van der Waals surface area contributed by atoms with Gasteiger partial charge in [-0.2, -0.15) is 0 Å². The summed E-state index contributed by atoms with van der Waals surface area (Å²) in [5.74, 6) is -1.12. The summed E-state index contributed by atoms with van der Waals surface area (Å²) in [4.78, 5) is 12.1. The maximum Gasteiger partial charge on any atom is 0.193 e. The van der Waals surface area contributed by atoms with E-state index >= 15 is 0 Å². The third-order valence-corrected chi connectivity index (χ3v) is 2.85. The molecule has 0 saturated heterocycles. The van der Waals surface area contributed by atoms with Gasteiger partial charge in [-0.05, 0) is 48.0 Å². The van der Waals surface area contributed by atoms with Crippen molar-refractivity contribution in [2.45, 2.75) is 5.88 Å². The summed E-state index contributed by atoms with van der Waals surface area (Å²) in [6.07, 6.45) is 0. The molecule has 2 aromatic carbocycles. The molecule has 0 aliphatic heterocycles. The van der Waals surface area contributed by atoms with Crippen molar-refractivity contribution in [1.82, 2.24) is 0 Å². The summed E-state index contributed by atoms with van der Waals surface area (Å²) in [6.45, 7) is 0. The van der Waals surface area contributed by atoms with Gasteiger partial charge in [0.1, 0.15) is 11.6 Å². The molecule has 4 heteroatoms. The van der Waals surface area contributed by atoms with Crippen molar-refractivity contribution in [3.8, 4) is 0 Å². The Morgan fingerprint density at radius 2 is 1.61 bits per heavy atom. The Kier molecular flexibility index (Phi) is 3.72. The van der Waals surface area contributed by atoms with Crippen LogP contribution in [0.25, 0.3) is 0 Å². The predicted octanol–water partition coefficient (Wildman–Crippen LogP) is 3.93. The number of halogens is 3. The molecule has 0 aromatic heterocycles. The Bertz CT molecular complexity index is 579. The maximum absolute atomic E-state index is 13.0. The molecule has 0 heterocycles. The van der Waals surface area contributed by atoms with Crippen LogP contribution in [0.2, 0.25) is 0 Å². The number of hydrogen-bond donors (Lipinski definition) is 0. The van der Waals surface area contributed by atoms with Gasteiger partial charge in [0, 0.05) is 17.0 Å². The minimum atomic E-state index is -0.443. The molecular formula is C14H9ClF2O. The molecule has 1 nitrogen and oxygen atoms in total. The second-order valence-electron chi connectivity index (χ2n) is 3.77. The van der Waals surface area contributed by atoms with E-state index in [1.165, 1.54) is 42.5 Å². The highest BCUT2D eigenvalue weighted by Gasteiger charge is 2.13. The van der Waals surface area contributed by atoms with Crippen LogP contribution in [-0.4, -0.2) is 5.78 Å². The normalized spacial score (nSPS) is 10.4. The molecular weight excluding hydrogens is 258 g/mol. The van der Waals surface area contributed by atoms with Crippen LogP contribution in [0, 0.1) is 11.6 Å². The predicted molar refractivity (Wildman–Crippen MR) is 65.8 cm³/mol. The monoisotopic (exact) mass is 266 g/mol. The highest BCUT2D eigenvalue weighted by molar-refractivity contribution is 6.18. The smallest absolute Gasteiger partial charge is 0.193 e. The van der Waals surface area contributed by atoms with Gasteiger partial charge in [0.2, 0.25) is 0 Å². The van der Waals surface area contributed by atoms with E-state index in [1.807, 2.05) is 0 Å². The lowest BCUT2D eigenvalue weighted by atomic mass is 9.99. The number of hydrogen-bond acceptors (Lipinski definition) is 1.